The molecule has 88 valence electrons. The van der Waals surface area contributed by atoms with E-state index in [4.69, 9.17) is 11.6 Å². The topological polar surface area (TPSA) is 24.9 Å². The fourth-order valence-electron chi connectivity index (χ4n) is 1.88. The molecule has 1 heterocycles. The van der Waals surface area contributed by atoms with Crippen LogP contribution in [0.1, 0.15) is 24.1 Å². The predicted octanol–water partition coefficient (Wildman–Crippen LogP) is 4.22. The number of anilines is 1. The molecule has 0 aliphatic heterocycles. The summed E-state index contributed by atoms with van der Waals surface area (Å²) in [7, 11) is 0. The van der Waals surface area contributed by atoms with Crippen molar-refractivity contribution in [1.82, 2.24) is 4.98 Å². The van der Waals surface area contributed by atoms with Gasteiger partial charge in [0.1, 0.15) is 0 Å². The number of aryl methyl sites for hydroxylation is 1. The first-order valence-corrected chi connectivity index (χ1v) is 5.99. The van der Waals surface area contributed by atoms with Gasteiger partial charge in [-0.1, -0.05) is 35.9 Å². The molecule has 3 heteroatoms. The van der Waals surface area contributed by atoms with Gasteiger partial charge in [-0.25, -0.2) is 4.98 Å². The Labute approximate surface area is 107 Å². The van der Waals surface area contributed by atoms with E-state index in [1.54, 1.807) is 6.20 Å². The van der Waals surface area contributed by atoms with Gasteiger partial charge in [-0.2, -0.15) is 0 Å². The van der Waals surface area contributed by atoms with Gasteiger partial charge in [-0.15, -0.1) is 0 Å². The summed E-state index contributed by atoms with van der Waals surface area (Å²) in [5, 5.41) is 3.88. The molecule has 0 radical (unpaired) electrons. The highest BCUT2D eigenvalue weighted by molar-refractivity contribution is 6.31. The molecule has 1 atom stereocenters. The number of hydrogen-bond donors (Lipinski definition) is 1. The van der Waals surface area contributed by atoms with Gasteiger partial charge in [0, 0.05) is 12.2 Å². The van der Waals surface area contributed by atoms with Gasteiger partial charge in [0.05, 0.1) is 5.69 Å². The van der Waals surface area contributed by atoms with Crippen LogP contribution >= 0.6 is 11.6 Å². The summed E-state index contributed by atoms with van der Waals surface area (Å²) in [6, 6.07) is 12.3. The van der Waals surface area contributed by atoms with Crippen molar-refractivity contribution < 1.29 is 0 Å². The third kappa shape index (κ3) is 2.77. The summed E-state index contributed by atoms with van der Waals surface area (Å²) in [6.45, 7) is 4.23. The molecular weight excluding hydrogens is 232 g/mol. The maximum Gasteiger partial charge on any atom is 0.152 e. The molecule has 17 heavy (non-hydrogen) atoms. The molecule has 0 bridgehead atoms. The lowest BCUT2D eigenvalue weighted by atomic mass is 10.0. The molecule has 0 saturated carbocycles. The van der Waals surface area contributed by atoms with Crippen LogP contribution in [0.2, 0.25) is 5.15 Å². The van der Waals surface area contributed by atoms with Crippen molar-refractivity contribution in [1.29, 1.82) is 0 Å². The van der Waals surface area contributed by atoms with Gasteiger partial charge in [0.25, 0.3) is 0 Å². The van der Waals surface area contributed by atoms with Crippen LogP contribution < -0.4 is 5.32 Å². The molecule has 0 spiro atoms. The zero-order valence-corrected chi connectivity index (χ0v) is 10.7. The normalized spacial score (nSPS) is 12.2. The van der Waals surface area contributed by atoms with Gasteiger partial charge in [-0.3, -0.25) is 0 Å². The highest BCUT2D eigenvalue weighted by atomic mass is 35.5. The zero-order valence-electron chi connectivity index (χ0n) is 9.94. The molecular formula is C14H15ClN2. The van der Waals surface area contributed by atoms with Gasteiger partial charge in [0.2, 0.25) is 0 Å². The van der Waals surface area contributed by atoms with Crippen molar-refractivity contribution in [3.05, 3.63) is 58.9 Å². The molecule has 1 unspecified atom stereocenters. The van der Waals surface area contributed by atoms with Crippen LogP contribution in [0, 0.1) is 6.92 Å². The van der Waals surface area contributed by atoms with E-state index in [1.807, 2.05) is 24.3 Å². The molecule has 0 aliphatic rings. The minimum Gasteiger partial charge on any atom is -0.376 e. The Morgan fingerprint density at radius 1 is 1.18 bits per heavy atom. The largest absolute Gasteiger partial charge is 0.376 e. The van der Waals surface area contributed by atoms with Crippen LogP contribution in [0.5, 0.6) is 0 Å². The van der Waals surface area contributed by atoms with Crippen molar-refractivity contribution in [3.63, 3.8) is 0 Å². The van der Waals surface area contributed by atoms with E-state index in [0.29, 0.717) is 5.15 Å². The number of aromatic nitrogens is 1. The first-order chi connectivity index (χ1) is 8.18. The van der Waals surface area contributed by atoms with E-state index < -0.39 is 0 Å². The summed E-state index contributed by atoms with van der Waals surface area (Å²) in [5.41, 5.74) is 3.41. The number of rotatable bonds is 3. The van der Waals surface area contributed by atoms with Crippen molar-refractivity contribution in [2.45, 2.75) is 19.9 Å². The smallest absolute Gasteiger partial charge is 0.152 e. The van der Waals surface area contributed by atoms with Crippen molar-refractivity contribution in [2.75, 3.05) is 5.32 Å². The maximum absolute atomic E-state index is 6.02. The van der Waals surface area contributed by atoms with Crippen molar-refractivity contribution in [2.24, 2.45) is 0 Å². The highest BCUT2D eigenvalue weighted by Crippen LogP contribution is 2.25. The summed E-state index contributed by atoms with van der Waals surface area (Å²) >= 11 is 6.02. The SMILES string of the molecule is Cc1ccccc1C(C)Nc1cccnc1Cl. The molecule has 0 saturated heterocycles. The Hall–Kier alpha value is -1.54. The van der Waals surface area contributed by atoms with E-state index in [0.717, 1.165) is 5.69 Å². The average molecular weight is 247 g/mol. The number of nitrogens with one attached hydrogen (secondary N) is 1. The lowest BCUT2D eigenvalue weighted by Gasteiger charge is -2.18. The zero-order chi connectivity index (χ0) is 12.3. The Kier molecular flexibility index (Phi) is 3.64. The first-order valence-electron chi connectivity index (χ1n) is 5.61. The first kappa shape index (κ1) is 11.9. The second-order valence-electron chi connectivity index (χ2n) is 4.06. The Morgan fingerprint density at radius 2 is 1.94 bits per heavy atom. The lowest BCUT2D eigenvalue weighted by molar-refractivity contribution is 0.872. The molecule has 0 aliphatic carbocycles. The van der Waals surface area contributed by atoms with Crippen LogP contribution in [-0.2, 0) is 0 Å². The van der Waals surface area contributed by atoms with Crippen LogP contribution in [0.3, 0.4) is 0 Å². The van der Waals surface area contributed by atoms with E-state index in [-0.39, 0.29) is 6.04 Å². The minimum absolute atomic E-state index is 0.206. The highest BCUT2D eigenvalue weighted by Gasteiger charge is 2.09. The van der Waals surface area contributed by atoms with Crippen LogP contribution in [0.4, 0.5) is 5.69 Å². The number of halogens is 1. The molecule has 1 aromatic carbocycles. The van der Waals surface area contributed by atoms with Crippen LogP contribution in [-0.4, -0.2) is 4.98 Å². The number of nitrogens with zero attached hydrogens (tertiary/aromatic N) is 1. The number of pyridine rings is 1. The quantitative estimate of drug-likeness (QED) is 0.821. The Morgan fingerprint density at radius 3 is 2.65 bits per heavy atom. The predicted molar refractivity (Wildman–Crippen MR) is 72.5 cm³/mol. The number of hydrogen-bond acceptors (Lipinski definition) is 2. The molecule has 1 aromatic heterocycles. The minimum atomic E-state index is 0.206. The third-order valence-corrected chi connectivity index (χ3v) is 3.09. The standard InChI is InChI=1S/C14H15ClN2/c1-10-6-3-4-7-12(10)11(2)17-13-8-5-9-16-14(13)15/h3-9,11,17H,1-2H3. The van der Waals surface area contributed by atoms with Gasteiger partial charge >= 0.3 is 0 Å². The van der Waals surface area contributed by atoms with Crippen molar-refractivity contribution in [3.8, 4) is 0 Å². The van der Waals surface area contributed by atoms with E-state index in [1.165, 1.54) is 11.1 Å². The monoisotopic (exact) mass is 246 g/mol. The Balaban J connectivity index is 2.20. The van der Waals surface area contributed by atoms with E-state index in [9.17, 15) is 0 Å². The average Bonchev–Trinajstić information content (AvgIpc) is 2.32. The molecule has 2 nitrogen and oxygen atoms in total. The third-order valence-electron chi connectivity index (χ3n) is 2.79. The number of benzene rings is 1. The molecule has 2 rings (SSSR count). The van der Waals surface area contributed by atoms with Crippen LogP contribution in [0.25, 0.3) is 0 Å². The second-order valence-corrected chi connectivity index (χ2v) is 4.42. The molecule has 1 N–H and O–H groups in total. The fraction of sp³-hybridized carbons (Fsp3) is 0.214. The van der Waals surface area contributed by atoms with Gasteiger partial charge < -0.3 is 5.32 Å². The molecule has 2 aromatic rings. The van der Waals surface area contributed by atoms with Crippen molar-refractivity contribution >= 4 is 17.3 Å². The van der Waals surface area contributed by atoms with Gasteiger partial charge in [-0.05, 0) is 37.1 Å². The lowest BCUT2D eigenvalue weighted by Crippen LogP contribution is -2.08. The summed E-state index contributed by atoms with van der Waals surface area (Å²) in [5.74, 6) is 0. The fourth-order valence-corrected chi connectivity index (χ4v) is 2.05. The van der Waals surface area contributed by atoms with Crippen LogP contribution in [0.15, 0.2) is 42.6 Å². The van der Waals surface area contributed by atoms with Gasteiger partial charge in [0.15, 0.2) is 5.15 Å². The van der Waals surface area contributed by atoms with E-state index >= 15 is 0 Å². The summed E-state index contributed by atoms with van der Waals surface area (Å²) in [6.07, 6.45) is 1.69. The molecule has 0 fully saturated rings. The molecule has 0 amide bonds. The van der Waals surface area contributed by atoms with E-state index in [2.05, 4.69) is 36.3 Å². The summed E-state index contributed by atoms with van der Waals surface area (Å²) in [4.78, 5) is 4.05. The second kappa shape index (κ2) is 5.19. The maximum atomic E-state index is 6.02. The Bertz CT molecular complexity index is 511. The summed E-state index contributed by atoms with van der Waals surface area (Å²) < 4.78 is 0.